The first-order valence-corrected chi connectivity index (χ1v) is 6.80. The predicted octanol–water partition coefficient (Wildman–Crippen LogP) is 2.26. The zero-order chi connectivity index (χ0) is 14.0. The molecule has 2 rings (SSSR count). The normalized spacial score (nSPS) is 22.4. The quantitative estimate of drug-likeness (QED) is 0.888. The van der Waals surface area contributed by atoms with Gasteiger partial charge in [-0.05, 0) is 19.8 Å². The van der Waals surface area contributed by atoms with E-state index in [0.29, 0.717) is 29.9 Å². The van der Waals surface area contributed by atoms with Crippen LogP contribution in [0, 0.1) is 12.8 Å². The van der Waals surface area contributed by atoms with Gasteiger partial charge in [0.25, 0.3) is 5.91 Å². The van der Waals surface area contributed by atoms with E-state index in [1.54, 1.807) is 14.0 Å². The molecular formula is C14H22N2O3. The zero-order valence-electron chi connectivity index (χ0n) is 12.0. The van der Waals surface area contributed by atoms with Gasteiger partial charge in [-0.2, -0.15) is 0 Å². The second-order valence-corrected chi connectivity index (χ2v) is 5.49. The molecule has 19 heavy (non-hydrogen) atoms. The van der Waals surface area contributed by atoms with E-state index in [4.69, 9.17) is 9.15 Å². The minimum absolute atomic E-state index is 0.164. The van der Waals surface area contributed by atoms with Crippen molar-refractivity contribution in [2.45, 2.75) is 45.6 Å². The van der Waals surface area contributed by atoms with Gasteiger partial charge in [0.2, 0.25) is 5.76 Å². The molecule has 1 aromatic heterocycles. The van der Waals surface area contributed by atoms with Crippen LogP contribution in [0.25, 0.3) is 0 Å². The van der Waals surface area contributed by atoms with Crippen LogP contribution < -0.4 is 5.32 Å². The Kier molecular flexibility index (Phi) is 4.24. The third-order valence-corrected chi connectivity index (χ3v) is 3.63. The molecule has 5 nitrogen and oxygen atoms in total. The maximum atomic E-state index is 12.2. The first-order valence-electron chi connectivity index (χ1n) is 6.80. The van der Waals surface area contributed by atoms with Gasteiger partial charge < -0.3 is 14.5 Å². The van der Waals surface area contributed by atoms with Gasteiger partial charge in [0.05, 0.1) is 12.3 Å². The van der Waals surface area contributed by atoms with Gasteiger partial charge in [-0.3, -0.25) is 4.79 Å². The number of carbonyl (C=O) groups is 1. The Balaban J connectivity index is 2.00. The number of rotatable bonds is 5. The van der Waals surface area contributed by atoms with E-state index in [1.165, 1.54) is 0 Å². The van der Waals surface area contributed by atoms with Crippen LogP contribution >= 0.6 is 0 Å². The number of oxazole rings is 1. The van der Waals surface area contributed by atoms with Gasteiger partial charge in [0, 0.05) is 25.0 Å². The number of aryl methyl sites for hydroxylation is 1. The number of methoxy groups -OCH3 is 1. The van der Waals surface area contributed by atoms with Crippen LogP contribution in [0.4, 0.5) is 0 Å². The summed E-state index contributed by atoms with van der Waals surface area (Å²) in [5, 5.41) is 3.01. The van der Waals surface area contributed by atoms with Crippen molar-refractivity contribution in [1.29, 1.82) is 0 Å². The number of amides is 1. The second kappa shape index (κ2) is 5.74. The number of hydrogen-bond donors (Lipinski definition) is 1. The molecule has 1 saturated carbocycles. The molecule has 2 atom stereocenters. The van der Waals surface area contributed by atoms with Gasteiger partial charge >= 0.3 is 0 Å². The summed E-state index contributed by atoms with van der Waals surface area (Å²) in [6.07, 6.45) is 2.11. The van der Waals surface area contributed by atoms with Crippen molar-refractivity contribution in [3.63, 3.8) is 0 Å². The largest absolute Gasteiger partial charge is 0.435 e. The Morgan fingerprint density at radius 3 is 2.74 bits per heavy atom. The van der Waals surface area contributed by atoms with E-state index >= 15 is 0 Å². The molecule has 0 aliphatic heterocycles. The molecule has 0 spiro atoms. The molecule has 0 unspecified atom stereocenters. The minimum Gasteiger partial charge on any atom is -0.435 e. The highest BCUT2D eigenvalue weighted by molar-refractivity contribution is 5.92. The Labute approximate surface area is 113 Å². The van der Waals surface area contributed by atoms with E-state index in [-0.39, 0.29) is 17.9 Å². The molecule has 1 amide bonds. The molecule has 1 fully saturated rings. The Bertz CT molecular complexity index is 454. The molecule has 0 saturated heterocycles. The highest BCUT2D eigenvalue weighted by Crippen LogP contribution is 2.28. The number of nitrogens with one attached hydrogen (secondary N) is 1. The van der Waals surface area contributed by atoms with Crippen molar-refractivity contribution in [2.24, 2.45) is 5.92 Å². The zero-order valence-corrected chi connectivity index (χ0v) is 12.0. The van der Waals surface area contributed by atoms with Crippen LogP contribution in [-0.2, 0) is 4.74 Å². The van der Waals surface area contributed by atoms with E-state index in [1.807, 2.05) is 13.8 Å². The average Bonchev–Trinajstić information content (AvgIpc) is 2.74. The molecule has 106 valence electrons. The highest BCUT2D eigenvalue weighted by atomic mass is 16.5. The average molecular weight is 266 g/mol. The fraction of sp³-hybridized carbons (Fsp3) is 0.714. The topological polar surface area (TPSA) is 64.4 Å². The van der Waals surface area contributed by atoms with Crippen molar-refractivity contribution in [1.82, 2.24) is 10.3 Å². The molecule has 1 aromatic rings. The fourth-order valence-corrected chi connectivity index (χ4v) is 2.28. The number of nitrogens with zero attached hydrogens (tertiary/aromatic N) is 1. The Morgan fingerprint density at radius 1 is 1.53 bits per heavy atom. The van der Waals surface area contributed by atoms with Gasteiger partial charge in [-0.25, -0.2) is 4.98 Å². The first-order chi connectivity index (χ1) is 9.02. The molecule has 0 radical (unpaired) electrons. The lowest BCUT2D eigenvalue weighted by Gasteiger charge is -2.36. The third kappa shape index (κ3) is 2.97. The lowest BCUT2D eigenvalue weighted by atomic mass is 9.80. The van der Waals surface area contributed by atoms with E-state index in [0.717, 1.165) is 12.8 Å². The Hall–Kier alpha value is -1.36. The molecule has 1 aliphatic carbocycles. The third-order valence-electron chi connectivity index (χ3n) is 3.63. The first kappa shape index (κ1) is 14.1. The van der Waals surface area contributed by atoms with Crippen molar-refractivity contribution in [2.75, 3.05) is 13.7 Å². The van der Waals surface area contributed by atoms with Crippen LogP contribution in [0.15, 0.2) is 4.42 Å². The maximum Gasteiger partial charge on any atom is 0.289 e. The molecule has 1 N–H and O–H groups in total. The van der Waals surface area contributed by atoms with E-state index in [2.05, 4.69) is 10.3 Å². The number of aromatic nitrogens is 1. The summed E-state index contributed by atoms with van der Waals surface area (Å²) < 4.78 is 10.7. The van der Waals surface area contributed by atoms with Crippen LogP contribution in [0.1, 0.15) is 54.7 Å². The van der Waals surface area contributed by atoms with Crippen LogP contribution in [0.2, 0.25) is 0 Å². The molecule has 1 aliphatic rings. The summed E-state index contributed by atoms with van der Waals surface area (Å²) in [5.41, 5.74) is 0.656. The van der Waals surface area contributed by atoms with Crippen LogP contribution in [0.5, 0.6) is 0 Å². The number of hydrogen-bond acceptors (Lipinski definition) is 4. The van der Waals surface area contributed by atoms with Gasteiger partial charge in [0.1, 0.15) is 0 Å². The fourth-order valence-electron chi connectivity index (χ4n) is 2.28. The number of carbonyl (C=O) groups excluding carboxylic acids is 1. The Morgan fingerprint density at radius 2 is 2.26 bits per heavy atom. The highest BCUT2D eigenvalue weighted by Gasteiger charge is 2.33. The van der Waals surface area contributed by atoms with E-state index in [9.17, 15) is 4.79 Å². The molecule has 0 aromatic carbocycles. The monoisotopic (exact) mass is 266 g/mol. The summed E-state index contributed by atoms with van der Waals surface area (Å²) in [5.74, 6) is 1.39. The van der Waals surface area contributed by atoms with Gasteiger partial charge in [0.15, 0.2) is 5.89 Å². The predicted molar refractivity (Wildman–Crippen MR) is 71.2 cm³/mol. The molecule has 0 bridgehead atoms. The van der Waals surface area contributed by atoms with Crippen LogP contribution in [-0.4, -0.2) is 30.6 Å². The summed E-state index contributed by atoms with van der Waals surface area (Å²) in [6, 6.07) is 0.194. The van der Waals surface area contributed by atoms with Crippen molar-refractivity contribution >= 4 is 5.91 Å². The van der Waals surface area contributed by atoms with Gasteiger partial charge in [-0.1, -0.05) is 13.8 Å². The van der Waals surface area contributed by atoms with Crippen molar-refractivity contribution in [3.8, 4) is 0 Å². The molecular weight excluding hydrogens is 244 g/mol. The summed E-state index contributed by atoms with van der Waals surface area (Å²) in [7, 11) is 1.69. The summed E-state index contributed by atoms with van der Waals surface area (Å²) in [6.45, 7) is 6.48. The standard InChI is InChI=1S/C14H22N2O3/c1-8(2)14-15-9(3)12(19-14)13(17)16-11-6-5-10(11)7-18-4/h8,10-11H,5-7H2,1-4H3,(H,16,17)/t10-,11-/m1/s1. The van der Waals surface area contributed by atoms with E-state index < -0.39 is 0 Å². The maximum absolute atomic E-state index is 12.2. The smallest absolute Gasteiger partial charge is 0.289 e. The molecule has 1 heterocycles. The SMILES string of the molecule is COC[C@H]1CC[C@H]1NC(=O)c1oc(C(C)C)nc1C. The van der Waals surface area contributed by atoms with Crippen LogP contribution in [0.3, 0.4) is 0 Å². The minimum atomic E-state index is -0.164. The summed E-state index contributed by atoms with van der Waals surface area (Å²) in [4.78, 5) is 16.5. The van der Waals surface area contributed by atoms with Crippen molar-refractivity contribution < 1.29 is 13.9 Å². The lowest BCUT2D eigenvalue weighted by Crippen LogP contribution is -2.48. The van der Waals surface area contributed by atoms with Gasteiger partial charge in [-0.15, -0.1) is 0 Å². The second-order valence-electron chi connectivity index (χ2n) is 5.49. The van der Waals surface area contributed by atoms with Crippen molar-refractivity contribution in [3.05, 3.63) is 17.3 Å². The summed E-state index contributed by atoms with van der Waals surface area (Å²) >= 11 is 0. The lowest BCUT2D eigenvalue weighted by molar-refractivity contribution is 0.0652. The molecule has 5 heteroatoms. The number of ether oxygens (including phenoxy) is 1.